The molecule has 0 fully saturated rings. The van der Waals surface area contributed by atoms with Crippen molar-refractivity contribution in [2.75, 3.05) is 6.16 Å². The second-order valence-electron chi connectivity index (χ2n) is 8.06. The summed E-state index contributed by atoms with van der Waals surface area (Å²) in [4.78, 5) is 12.0. The van der Waals surface area contributed by atoms with E-state index in [9.17, 15) is 4.79 Å². The molecule has 0 aliphatic carbocycles. The highest BCUT2D eigenvalue weighted by atomic mass is 79.9. The van der Waals surface area contributed by atoms with Crippen LogP contribution in [0.2, 0.25) is 0 Å². The van der Waals surface area contributed by atoms with Crippen LogP contribution in [0.4, 0.5) is 0 Å². The molecule has 3 aromatic rings. The fourth-order valence-electron chi connectivity index (χ4n) is 4.04. The highest BCUT2D eigenvalue weighted by Crippen LogP contribution is 2.55. The molecule has 3 aromatic carbocycles. The molecule has 0 bridgehead atoms. The van der Waals surface area contributed by atoms with Crippen LogP contribution in [0.3, 0.4) is 0 Å². The van der Waals surface area contributed by atoms with E-state index in [1.165, 1.54) is 15.9 Å². The summed E-state index contributed by atoms with van der Waals surface area (Å²) < 4.78 is 5.42. The molecule has 1 atom stereocenters. The van der Waals surface area contributed by atoms with Crippen LogP contribution in [0, 0.1) is 0 Å². The first-order valence-corrected chi connectivity index (χ1v) is 13.4. The Bertz CT molecular complexity index is 819. The number of carbonyl (C=O) groups is 1. The maximum absolute atomic E-state index is 12.0. The van der Waals surface area contributed by atoms with Crippen molar-refractivity contribution in [3.63, 3.8) is 0 Å². The first-order valence-electron chi connectivity index (χ1n) is 11.4. The molecule has 0 saturated heterocycles. The van der Waals surface area contributed by atoms with E-state index in [2.05, 4.69) is 91.0 Å². The van der Waals surface area contributed by atoms with Crippen molar-refractivity contribution in [3.8, 4) is 0 Å². The Balaban J connectivity index is 0.00000363. The molecule has 0 N–H and O–H groups in total. The number of hydrogen-bond donors (Lipinski definition) is 0. The summed E-state index contributed by atoms with van der Waals surface area (Å²) in [6.45, 7) is 3.99. The van der Waals surface area contributed by atoms with E-state index in [1.807, 2.05) is 13.8 Å². The average Bonchev–Trinajstić information content (AvgIpc) is 2.83. The number of rotatable bonds is 11. The number of halogens is 1. The van der Waals surface area contributed by atoms with Crippen molar-refractivity contribution in [2.24, 2.45) is 0 Å². The van der Waals surface area contributed by atoms with Crippen molar-refractivity contribution in [1.29, 1.82) is 0 Å². The topological polar surface area (TPSA) is 26.3 Å². The van der Waals surface area contributed by atoms with Crippen LogP contribution in [-0.2, 0) is 9.53 Å². The van der Waals surface area contributed by atoms with E-state index < -0.39 is 7.26 Å². The number of hydrogen-bond acceptors (Lipinski definition) is 2. The maximum atomic E-state index is 12.0. The summed E-state index contributed by atoms with van der Waals surface area (Å²) in [5.74, 6) is -0.0652. The lowest BCUT2D eigenvalue weighted by Crippen LogP contribution is -3.00. The van der Waals surface area contributed by atoms with Gasteiger partial charge in [-0.05, 0) is 69.0 Å². The molecule has 1 unspecified atom stereocenters. The fourth-order valence-corrected chi connectivity index (χ4v) is 8.45. The van der Waals surface area contributed by atoms with E-state index in [0.29, 0.717) is 6.42 Å². The van der Waals surface area contributed by atoms with Gasteiger partial charge in [0.2, 0.25) is 0 Å². The van der Waals surface area contributed by atoms with Gasteiger partial charge in [-0.3, -0.25) is 4.79 Å². The summed E-state index contributed by atoms with van der Waals surface area (Å²) in [6.07, 6.45) is 5.49. The number of esters is 1. The van der Waals surface area contributed by atoms with E-state index in [1.54, 1.807) is 0 Å². The highest BCUT2D eigenvalue weighted by Gasteiger charge is 2.44. The second kappa shape index (κ2) is 13.6. The monoisotopic (exact) mass is 512 g/mol. The van der Waals surface area contributed by atoms with Gasteiger partial charge in [-0.1, -0.05) is 61.5 Å². The molecular formula is C28H34BrO2P. The predicted molar refractivity (Wildman–Crippen MR) is 134 cm³/mol. The third-order valence-electron chi connectivity index (χ3n) is 5.87. The van der Waals surface area contributed by atoms with Gasteiger partial charge in [-0.25, -0.2) is 0 Å². The van der Waals surface area contributed by atoms with Crippen LogP contribution in [0.5, 0.6) is 0 Å². The van der Waals surface area contributed by atoms with Crippen molar-refractivity contribution in [1.82, 2.24) is 0 Å². The Morgan fingerprint density at radius 2 is 1.19 bits per heavy atom. The van der Waals surface area contributed by atoms with Crippen LogP contribution in [-0.4, -0.2) is 18.2 Å². The van der Waals surface area contributed by atoms with Gasteiger partial charge in [-0.15, -0.1) is 0 Å². The predicted octanol–water partition coefficient (Wildman–Crippen LogP) is 2.89. The normalized spacial score (nSPS) is 11.9. The Morgan fingerprint density at radius 3 is 1.59 bits per heavy atom. The standard InChI is InChI=1S/C28H34O2P.BrH/c1-3-24(2)30-28(29)22-14-7-15-23-31(25-16-8-4-9-17-25,26-18-10-5-11-19-26)27-20-12-6-13-21-27;/h4-6,8-13,16-21,24H,3,7,14-15,22-23H2,1-2H3;1H/q+1;/p-1. The molecule has 0 spiro atoms. The van der Waals surface area contributed by atoms with Gasteiger partial charge in [0.25, 0.3) is 0 Å². The number of carbonyl (C=O) groups excluding carboxylic acids is 1. The highest BCUT2D eigenvalue weighted by molar-refractivity contribution is 7.95. The summed E-state index contributed by atoms with van der Waals surface area (Å²) in [5, 5.41) is 4.26. The van der Waals surface area contributed by atoms with Gasteiger partial charge in [0.1, 0.15) is 23.2 Å². The third-order valence-corrected chi connectivity index (χ3v) is 10.4. The molecule has 32 heavy (non-hydrogen) atoms. The minimum atomic E-state index is -1.76. The fraction of sp³-hybridized carbons (Fsp3) is 0.321. The van der Waals surface area contributed by atoms with Gasteiger partial charge < -0.3 is 21.7 Å². The summed E-state index contributed by atoms with van der Waals surface area (Å²) in [7, 11) is -1.76. The first kappa shape index (κ1) is 26.3. The van der Waals surface area contributed by atoms with E-state index >= 15 is 0 Å². The molecule has 0 aliphatic heterocycles. The maximum Gasteiger partial charge on any atom is 0.306 e. The van der Waals surface area contributed by atoms with Crippen molar-refractivity contribution >= 4 is 29.1 Å². The average molecular weight is 513 g/mol. The van der Waals surface area contributed by atoms with E-state index in [0.717, 1.165) is 31.8 Å². The molecule has 0 aliphatic rings. The SMILES string of the molecule is CCC(C)OC(=O)CCCCC[P+](c1ccccc1)(c1ccccc1)c1ccccc1.[Br-]. The molecule has 3 rings (SSSR count). The molecular weight excluding hydrogens is 479 g/mol. The molecule has 0 saturated carbocycles. The second-order valence-corrected chi connectivity index (χ2v) is 11.7. The zero-order valence-corrected chi connectivity index (χ0v) is 21.6. The Morgan fingerprint density at radius 1 is 0.750 bits per heavy atom. The number of ether oxygens (including phenoxy) is 1. The van der Waals surface area contributed by atoms with Crippen LogP contribution in [0.1, 0.15) is 46.0 Å². The van der Waals surface area contributed by atoms with Crippen molar-refractivity contribution < 1.29 is 26.5 Å². The van der Waals surface area contributed by atoms with Crippen LogP contribution >= 0.6 is 7.26 Å². The Labute approximate surface area is 204 Å². The first-order chi connectivity index (χ1) is 15.2. The van der Waals surface area contributed by atoms with Gasteiger partial charge in [0.05, 0.1) is 12.3 Å². The lowest BCUT2D eigenvalue weighted by molar-refractivity contribution is -0.148. The third kappa shape index (κ3) is 6.77. The van der Waals surface area contributed by atoms with Crippen LogP contribution in [0.25, 0.3) is 0 Å². The van der Waals surface area contributed by atoms with Crippen LogP contribution in [0.15, 0.2) is 91.0 Å². The van der Waals surface area contributed by atoms with Crippen molar-refractivity contribution in [3.05, 3.63) is 91.0 Å². The molecule has 0 heterocycles. The lowest BCUT2D eigenvalue weighted by Gasteiger charge is -2.27. The molecule has 0 amide bonds. The lowest BCUT2D eigenvalue weighted by atomic mass is 10.2. The van der Waals surface area contributed by atoms with Gasteiger partial charge in [-0.2, -0.15) is 0 Å². The van der Waals surface area contributed by atoms with Crippen molar-refractivity contribution in [2.45, 2.75) is 52.1 Å². The number of unbranched alkanes of at least 4 members (excludes halogenated alkanes) is 2. The minimum Gasteiger partial charge on any atom is -1.00 e. The van der Waals surface area contributed by atoms with Gasteiger partial charge >= 0.3 is 5.97 Å². The molecule has 2 nitrogen and oxygen atoms in total. The van der Waals surface area contributed by atoms with Gasteiger partial charge in [0.15, 0.2) is 0 Å². The summed E-state index contributed by atoms with van der Waals surface area (Å²) >= 11 is 0. The summed E-state index contributed by atoms with van der Waals surface area (Å²) in [5.41, 5.74) is 0. The molecule has 0 aromatic heterocycles. The Hall–Kier alpha value is -1.96. The van der Waals surface area contributed by atoms with E-state index in [-0.39, 0.29) is 29.1 Å². The number of benzene rings is 3. The van der Waals surface area contributed by atoms with E-state index in [4.69, 9.17) is 4.74 Å². The zero-order valence-electron chi connectivity index (χ0n) is 19.1. The molecule has 170 valence electrons. The Kier molecular flexibility index (Phi) is 11.1. The smallest absolute Gasteiger partial charge is 0.306 e. The molecule has 0 radical (unpaired) electrons. The minimum absolute atomic E-state index is 0. The zero-order chi connectivity index (χ0) is 21.9. The largest absolute Gasteiger partial charge is 1.00 e. The summed E-state index contributed by atoms with van der Waals surface area (Å²) in [6, 6.07) is 32.9. The molecule has 4 heteroatoms. The quantitative estimate of drug-likeness (QED) is 0.224. The van der Waals surface area contributed by atoms with Crippen LogP contribution < -0.4 is 32.9 Å². The van der Waals surface area contributed by atoms with Gasteiger partial charge in [0, 0.05) is 6.42 Å².